The summed E-state index contributed by atoms with van der Waals surface area (Å²) in [6.07, 6.45) is 5.02. The van der Waals surface area contributed by atoms with Gasteiger partial charge in [0.1, 0.15) is 0 Å². The summed E-state index contributed by atoms with van der Waals surface area (Å²) < 4.78 is 11.1. The second-order valence-corrected chi connectivity index (χ2v) is 5.41. The van der Waals surface area contributed by atoms with Crippen molar-refractivity contribution in [2.24, 2.45) is 0 Å². The number of rotatable bonds is 4. The van der Waals surface area contributed by atoms with Gasteiger partial charge < -0.3 is 4.90 Å². The quantitative estimate of drug-likeness (QED) is 0.814. The first-order valence-corrected chi connectivity index (χ1v) is 6.75. The first-order chi connectivity index (χ1) is 7.02. The molecule has 15 heavy (non-hydrogen) atoms. The van der Waals surface area contributed by atoms with E-state index in [4.69, 9.17) is 11.6 Å². The highest BCUT2D eigenvalue weighted by Gasteiger charge is 2.13. The normalized spacial score (nSPS) is 14.7. The van der Waals surface area contributed by atoms with Gasteiger partial charge in [-0.1, -0.05) is 11.6 Å². The Labute approximate surface area is 97.9 Å². The van der Waals surface area contributed by atoms with Gasteiger partial charge in [0.05, 0.1) is 10.7 Å². The van der Waals surface area contributed by atoms with Crippen LogP contribution in [0.25, 0.3) is 0 Å². The summed E-state index contributed by atoms with van der Waals surface area (Å²) in [4.78, 5) is 5.95. The smallest absolute Gasteiger partial charge is 0.0822 e. The van der Waals surface area contributed by atoms with Crippen LogP contribution in [-0.4, -0.2) is 34.3 Å². The van der Waals surface area contributed by atoms with E-state index in [9.17, 15) is 4.21 Å². The third kappa shape index (κ3) is 3.47. The van der Waals surface area contributed by atoms with Gasteiger partial charge in [-0.3, -0.25) is 9.19 Å². The molecule has 84 valence electrons. The molecule has 0 saturated heterocycles. The molecule has 0 aliphatic carbocycles. The van der Waals surface area contributed by atoms with Crippen LogP contribution in [-0.2, 0) is 10.8 Å². The van der Waals surface area contributed by atoms with Gasteiger partial charge >= 0.3 is 0 Å². The molecule has 0 aliphatic heterocycles. The van der Waals surface area contributed by atoms with Crippen LogP contribution in [0.3, 0.4) is 0 Å². The average Bonchev–Trinajstić information content (AvgIpc) is 2.16. The fraction of sp³-hybridized carbons (Fsp3) is 0.500. The first kappa shape index (κ1) is 12.5. The average molecular weight is 247 g/mol. The van der Waals surface area contributed by atoms with Crippen molar-refractivity contribution in [2.75, 3.05) is 24.0 Å². The van der Waals surface area contributed by atoms with Crippen molar-refractivity contribution in [1.29, 1.82) is 0 Å². The zero-order valence-corrected chi connectivity index (χ0v) is 10.7. The highest BCUT2D eigenvalue weighted by atomic mass is 35.5. The zero-order chi connectivity index (χ0) is 11.4. The molecule has 0 N–H and O–H groups in total. The van der Waals surface area contributed by atoms with Gasteiger partial charge in [-0.2, -0.15) is 0 Å². The molecule has 0 bridgehead atoms. The van der Waals surface area contributed by atoms with E-state index in [2.05, 4.69) is 4.98 Å². The zero-order valence-electron chi connectivity index (χ0n) is 9.11. The molecular weight excluding hydrogens is 232 g/mol. The lowest BCUT2D eigenvalue weighted by Gasteiger charge is -2.26. The lowest BCUT2D eigenvalue weighted by atomic mass is 10.3. The van der Waals surface area contributed by atoms with Gasteiger partial charge in [0.2, 0.25) is 0 Å². The molecule has 0 saturated carbocycles. The topological polar surface area (TPSA) is 33.2 Å². The Morgan fingerprint density at radius 2 is 2.33 bits per heavy atom. The summed E-state index contributed by atoms with van der Waals surface area (Å²) in [7, 11) is 1.15. The Morgan fingerprint density at radius 3 is 2.87 bits per heavy atom. The number of hydrogen-bond donors (Lipinski definition) is 0. The van der Waals surface area contributed by atoms with Crippen LogP contribution >= 0.6 is 11.6 Å². The standard InChI is InChI=1S/C10H15ClN2OS/c1-8(7-15(3)14)13(2)10-4-5-12-6-9(10)11/h4-6,8H,7H2,1-3H3. The molecule has 0 aliphatic rings. The maximum Gasteiger partial charge on any atom is 0.0822 e. The van der Waals surface area contributed by atoms with Crippen LogP contribution in [0.2, 0.25) is 5.02 Å². The van der Waals surface area contributed by atoms with Crippen molar-refractivity contribution >= 4 is 28.1 Å². The van der Waals surface area contributed by atoms with E-state index < -0.39 is 10.8 Å². The van der Waals surface area contributed by atoms with Crippen LogP contribution in [0.1, 0.15) is 6.92 Å². The van der Waals surface area contributed by atoms with Gasteiger partial charge in [-0.25, -0.2) is 0 Å². The van der Waals surface area contributed by atoms with Gasteiger partial charge in [-0.05, 0) is 13.0 Å². The van der Waals surface area contributed by atoms with Crippen LogP contribution in [0.5, 0.6) is 0 Å². The highest BCUT2D eigenvalue weighted by Crippen LogP contribution is 2.24. The van der Waals surface area contributed by atoms with Crippen molar-refractivity contribution in [3.05, 3.63) is 23.5 Å². The number of pyridine rings is 1. The Morgan fingerprint density at radius 1 is 1.67 bits per heavy atom. The van der Waals surface area contributed by atoms with Crippen molar-refractivity contribution in [3.8, 4) is 0 Å². The summed E-state index contributed by atoms with van der Waals surface area (Å²) in [5.41, 5.74) is 0.921. The van der Waals surface area contributed by atoms with E-state index in [1.54, 1.807) is 18.6 Å². The maximum absolute atomic E-state index is 11.1. The number of halogens is 1. The Bertz CT molecular complexity index is 359. The molecule has 0 amide bonds. The maximum atomic E-state index is 11.1. The van der Waals surface area contributed by atoms with E-state index in [1.165, 1.54) is 0 Å². The predicted molar refractivity (Wildman–Crippen MR) is 66.0 cm³/mol. The lowest BCUT2D eigenvalue weighted by molar-refractivity contribution is 0.675. The SMILES string of the molecule is CC(CS(C)=O)N(C)c1ccncc1Cl. The third-order valence-electron chi connectivity index (χ3n) is 2.27. The van der Waals surface area contributed by atoms with Gasteiger partial charge in [0.25, 0.3) is 0 Å². The van der Waals surface area contributed by atoms with E-state index in [-0.39, 0.29) is 6.04 Å². The number of hydrogen-bond acceptors (Lipinski definition) is 3. The molecule has 0 fully saturated rings. The van der Waals surface area contributed by atoms with Crippen LogP contribution in [0.15, 0.2) is 18.5 Å². The number of aromatic nitrogens is 1. The van der Waals surface area contributed by atoms with E-state index >= 15 is 0 Å². The van der Waals surface area contributed by atoms with E-state index in [1.807, 2.05) is 24.9 Å². The van der Waals surface area contributed by atoms with Crippen LogP contribution in [0, 0.1) is 0 Å². The summed E-state index contributed by atoms with van der Waals surface area (Å²) in [5, 5.41) is 0.619. The van der Waals surface area contributed by atoms with Gasteiger partial charge in [0, 0.05) is 48.3 Å². The molecule has 0 radical (unpaired) electrons. The molecule has 0 aromatic carbocycles. The molecule has 2 unspecified atom stereocenters. The highest BCUT2D eigenvalue weighted by molar-refractivity contribution is 7.84. The minimum atomic E-state index is -0.797. The second-order valence-electron chi connectivity index (χ2n) is 3.53. The number of nitrogens with zero attached hydrogens (tertiary/aromatic N) is 2. The monoisotopic (exact) mass is 246 g/mol. The largest absolute Gasteiger partial charge is 0.370 e. The Balaban J connectivity index is 2.80. The summed E-state index contributed by atoms with van der Waals surface area (Å²) in [5.74, 6) is 0.634. The Kier molecular flexibility index (Phi) is 4.54. The second kappa shape index (κ2) is 5.47. The molecule has 1 aromatic heterocycles. The van der Waals surface area contributed by atoms with Crippen molar-refractivity contribution in [2.45, 2.75) is 13.0 Å². The fourth-order valence-corrected chi connectivity index (χ4v) is 2.50. The summed E-state index contributed by atoms with van der Waals surface area (Å²) >= 11 is 6.02. The summed E-state index contributed by atoms with van der Waals surface area (Å²) in [6, 6.07) is 2.05. The molecular formula is C10H15ClN2OS. The van der Waals surface area contributed by atoms with Crippen molar-refractivity contribution < 1.29 is 4.21 Å². The predicted octanol–water partition coefficient (Wildman–Crippen LogP) is 1.94. The Hall–Kier alpha value is -0.610. The molecule has 3 nitrogen and oxygen atoms in total. The van der Waals surface area contributed by atoms with Crippen LogP contribution in [0.4, 0.5) is 5.69 Å². The first-order valence-electron chi connectivity index (χ1n) is 4.64. The third-order valence-corrected chi connectivity index (χ3v) is 3.51. The number of anilines is 1. The molecule has 5 heteroatoms. The van der Waals surface area contributed by atoms with Crippen molar-refractivity contribution in [3.63, 3.8) is 0 Å². The molecule has 1 aromatic rings. The minimum absolute atomic E-state index is 0.190. The van der Waals surface area contributed by atoms with Crippen molar-refractivity contribution in [1.82, 2.24) is 4.98 Å². The van der Waals surface area contributed by atoms with Gasteiger partial charge in [0.15, 0.2) is 0 Å². The molecule has 2 atom stereocenters. The van der Waals surface area contributed by atoms with Gasteiger partial charge in [-0.15, -0.1) is 0 Å². The lowest BCUT2D eigenvalue weighted by Crippen LogP contribution is -2.33. The van der Waals surface area contributed by atoms with E-state index in [0.29, 0.717) is 10.8 Å². The van der Waals surface area contributed by atoms with E-state index in [0.717, 1.165) is 5.69 Å². The van der Waals surface area contributed by atoms with Crippen LogP contribution < -0.4 is 4.90 Å². The molecule has 1 rings (SSSR count). The molecule has 0 spiro atoms. The molecule has 1 heterocycles. The summed E-state index contributed by atoms with van der Waals surface area (Å²) in [6.45, 7) is 2.03. The fourth-order valence-electron chi connectivity index (χ4n) is 1.34. The minimum Gasteiger partial charge on any atom is -0.370 e.